The van der Waals surface area contributed by atoms with Crippen molar-refractivity contribution in [2.75, 3.05) is 31.5 Å². The molecular formula is C23H22N4O3S. The Kier molecular flexibility index (Phi) is 6.37. The average Bonchev–Trinajstić information content (AvgIpc) is 3.26. The summed E-state index contributed by atoms with van der Waals surface area (Å²) in [4.78, 5) is 45.3. The van der Waals surface area contributed by atoms with Crippen LogP contribution in [0.5, 0.6) is 0 Å². The Hall–Kier alpha value is -3.52. The van der Waals surface area contributed by atoms with Crippen LogP contribution in [0.25, 0.3) is 0 Å². The van der Waals surface area contributed by atoms with Crippen molar-refractivity contribution < 1.29 is 14.4 Å². The second-order valence-electron chi connectivity index (χ2n) is 7.18. The number of thiazole rings is 1. The van der Waals surface area contributed by atoms with Crippen molar-refractivity contribution in [3.63, 3.8) is 0 Å². The van der Waals surface area contributed by atoms with E-state index in [0.717, 1.165) is 0 Å². The molecule has 4 rings (SSSR count). The molecule has 158 valence electrons. The van der Waals surface area contributed by atoms with Gasteiger partial charge in [-0.25, -0.2) is 4.98 Å². The van der Waals surface area contributed by atoms with Gasteiger partial charge in [0.05, 0.1) is 12.1 Å². The number of rotatable bonds is 5. The summed E-state index contributed by atoms with van der Waals surface area (Å²) in [5, 5.41) is 5.02. The largest absolute Gasteiger partial charge is 0.339 e. The fourth-order valence-electron chi connectivity index (χ4n) is 3.39. The van der Waals surface area contributed by atoms with E-state index in [-0.39, 0.29) is 24.1 Å². The smallest absolute Gasteiger partial charge is 0.257 e. The SMILES string of the molecule is O=C(Nc1nc(CC(=O)N2CCN(C(=O)c3ccccc3)CC2)cs1)c1ccccc1. The number of piperazine rings is 1. The predicted octanol–water partition coefficient (Wildman–Crippen LogP) is 2.92. The number of hydrogen-bond acceptors (Lipinski definition) is 5. The van der Waals surface area contributed by atoms with Gasteiger partial charge in [-0.15, -0.1) is 11.3 Å². The molecule has 1 aliphatic rings. The highest BCUT2D eigenvalue weighted by Crippen LogP contribution is 2.18. The first-order valence-corrected chi connectivity index (χ1v) is 10.9. The van der Waals surface area contributed by atoms with Crippen LogP contribution in [-0.2, 0) is 11.2 Å². The van der Waals surface area contributed by atoms with E-state index < -0.39 is 0 Å². The van der Waals surface area contributed by atoms with Gasteiger partial charge in [-0.3, -0.25) is 19.7 Å². The van der Waals surface area contributed by atoms with E-state index in [4.69, 9.17) is 0 Å². The molecule has 3 amide bonds. The number of hydrogen-bond donors (Lipinski definition) is 1. The van der Waals surface area contributed by atoms with E-state index in [1.54, 1.807) is 51.6 Å². The molecule has 3 aromatic rings. The number of anilines is 1. The zero-order valence-corrected chi connectivity index (χ0v) is 17.7. The summed E-state index contributed by atoms with van der Waals surface area (Å²) in [6, 6.07) is 18.1. The van der Waals surface area contributed by atoms with Crippen LogP contribution in [0, 0.1) is 0 Å². The Labute approximate surface area is 184 Å². The Morgan fingerprint density at radius 3 is 2.06 bits per heavy atom. The monoisotopic (exact) mass is 434 g/mol. The first kappa shape index (κ1) is 20.7. The molecule has 8 heteroatoms. The minimum absolute atomic E-state index is 0.00833. The Morgan fingerprint density at radius 2 is 1.42 bits per heavy atom. The van der Waals surface area contributed by atoms with Crippen molar-refractivity contribution in [3.05, 3.63) is 82.9 Å². The topological polar surface area (TPSA) is 82.6 Å². The molecule has 1 aromatic heterocycles. The lowest BCUT2D eigenvalue weighted by Crippen LogP contribution is -2.51. The van der Waals surface area contributed by atoms with Gasteiger partial charge in [0.1, 0.15) is 0 Å². The highest BCUT2D eigenvalue weighted by atomic mass is 32.1. The van der Waals surface area contributed by atoms with Gasteiger partial charge in [-0.1, -0.05) is 36.4 Å². The molecule has 0 unspecified atom stereocenters. The number of nitrogens with one attached hydrogen (secondary N) is 1. The predicted molar refractivity (Wildman–Crippen MR) is 119 cm³/mol. The van der Waals surface area contributed by atoms with Crippen LogP contribution >= 0.6 is 11.3 Å². The molecule has 1 N–H and O–H groups in total. The van der Waals surface area contributed by atoms with Crippen molar-refractivity contribution in [2.24, 2.45) is 0 Å². The number of amides is 3. The van der Waals surface area contributed by atoms with Crippen LogP contribution in [0.1, 0.15) is 26.4 Å². The van der Waals surface area contributed by atoms with Gasteiger partial charge in [-0.05, 0) is 24.3 Å². The van der Waals surface area contributed by atoms with E-state index in [0.29, 0.717) is 48.1 Å². The Morgan fingerprint density at radius 1 is 0.839 bits per heavy atom. The molecule has 2 heterocycles. The van der Waals surface area contributed by atoms with Gasteiger partial charge in [0.15, 0.2) is 5.13 Å². The quantitative estimate of drug-likeness (QED) is 0.669. The molecule has 2 aromatic carbocycles. The molecule has 0 spiro atoms. The fraction of sp³-hybridized carbons (Fsp3) is 0.217. The van der Waals surface area contributed by atoms with Crippen LogP contribution in [0.2, 0.25) is 0 Å². The Bertz CT molecular complexity index is 1060. The normalized spacial score (nSPS) is 13.7. The second kappa shape index (κ2) is 9.53. The molecule has 0 bridgehead atoms. The van der Waals surface area contributed by atoms with Crippen molar-refractivity contribution in [1.29, 1.82) is 0 Å². The lowest BCUT2D eigenvalue weighted by Gasteiger charge is -2.34. The first-order valence-electron chi connectivity index (χ1n) is 10.0. The van der Waals surface area contributed by atoms with E-state index in [1.807, 2.05) is 24.3 Å². The van der Waals surface area contributed by atoms with E-state index >= 15 is 0 Å². The first-order chi connectivity index (χ1) is 15.1. The third kappa shape index (κ3) is 5.16. The van der Waals surface area contributed by atoms with E-state index in [2.05, 4.69) is 10.3 Å². The minimum Gasteiger partial charge on any atom is -0.339 e. The van der Waals surface area contributed by atoms with Crippen LogP contribution in [-0.4, -0.2) is 58.7 Å². The van der Waals surface area contributed by atoms with Gasteiger partial charge in [0.25, 0.3) is 11.8 Å². The molecule has 7 nitrogen and oxygen atoms in total. The third-order valence-electron chi connectivity index (χ3n) is 5.08. The maximum atomic E-state index is 12.7. The maximum Gasteiger partial charge on any atom is 0.257 e. The van der Waals surface area contributed by atoms with E-state index in [9.17, 15) is 14.4 Å². The molecule has 0 saturated carbocycles. The number of carbonyl (C=O) groups is 3. The third-order valence-corrected chi connectivity index (χ3v) is 5.89. The average molecular weight is 435 g/mol. The maximum absolute atomic E-state index is 12.7. The molecule has 1 fully saturated rings. The van der Waals surface area contributed by atoms with Gasteiger partial charge >= 0.3 is 0 Å². The van der Waals surface area contributed by atoms with Gasteiger partial charge in [0, 0.05) is 42.7 Å². The van der Waals surface area contributed by atoms with Crippen molar-refractivity contribution in [3.8, 4) is 0 Å². The lowest BCUT2D eigenvalue weighted by atomic mass is 10.2. The summed E-state index contributed by atoms with van der Waals surface area (Å²) in [6.45, 7) is 2.02. The molecular weight excluding hydrogens is 412 g/mol. The van der Waals surface area contributed by atoms with Crippen molar-refractivity contribution >= 4 is 34.2 Å². The molecule has 31 heavy (non-hydrogen) atoms. The molecule has 1 saturated heterocycles. The zero-order valence-electron chi connectivity index (χ0n) is 16.9. The van der Waals surface area contributed by atoms with Crippen LogP contribution in [0.15, 0.2) is 66.0 Å². The molecule has 0 radical (unpaired) electrons. The summed E-state index contributed by atoms with van der Waals surface area (Å²) in [5.41, 5.74) is 1.84. The Balaban J connectivity index is 1.28. The van der Waals surface area contributed by atoms with Gasteiger partial charge in [0.2, 0.25) is 5.91 Å². The van der Waals surface area contributed by atoms with Crippen LogP contribution in [0.4, 0.5) is 5.13 Å². The summed E-state index contributed by atoms with van der Waals surface area (Å²) in [7, 11) is 0. The number of aromatic nitrogens is 1. The van der Waals surface area contributed by atoms with Gasteiger partial charge < -0.3 is 9.80 Å². The van der Waals surface area contributed by atoms with Crippen LogP contribution in [0.3, 0.4) is 0 Å². The standard InChI is InChI=1S/C23H22N4O3S/c28-20(26-11-13-27(14-12-26)22(30)18-9-5-2-6-10-18)15-19-16-31-23(24-19)25-21(29)17-7-3-1-4-8-17/h1-10,16H,11-15H2,(H,24,25,29). The summed E-state index contributed by atoms with van der Waals surface area (Å²) in [6.07, 6.45) is 0.171. The summed E-state index contributed by atoms with van der Waals surface area (Å²) >= 11 is 1.30. The number of nitrogens with zero attached hydrogens (tertiary/aromatic N) is 3. The van der Waals surface area contributed by atoms with Crippen LogP contribution < -0.4 is 5.32 Å². The minimum atomic E-state index is -0.230. The molecule has 1 aliphatic heterocycles. The van der Waals surface area contributed by atoms with Crippen molar-refractivity contribution in [2.45, 2.75) is 6.42 Å². The summed E-state index contributed by atoms with van der Waals surface area (Å²) < 4.78 is 0. The zero-order chi connectivity index (χ0) is 21.6. The van der Waals surface area contributed by atoms with Crippen molar-refractivity contribution in [1.82, 2.24) is 14.8 Å². The lowest BCUT2D eigenvalue weighted by molar-refractivity contribution is -0.132. The summed E-state index contributed by atoms with van der Waals surface area (Å²) in [5.74, 6) is -0.268. The van der Waals surface area contributed by atoms with E-state index in [1.165, 1.54) is 11.3 Å². The highest BCUT2D eigenvalue weighted by molar-refractivity contribution is 7.14. The molecule has 0 aliphatic carbocycles. The fourth-order valence-corrected chi connectivity index (χ4v) is 4.10. The number of benzene rings is 2. The molecule has 0 atom stereocenters. The number of carbonyl (C=O) groups excluding carboxylic acids is 3. The highest BCUT2D eigenvalue weighted by Gasteiger charge is 2.25. The van der Waals surface area contributed by atoms with Gasteiger partial charge in [-0.2, -0.15) is 0 Å². The second-order valence-corrected chi connectivity index (χ2v) is 8.04.